The molecule has 2 aromatic rings. The minimum atomic E-state index is -0.174. The largest absolute Gasteiger partial charge is 0.496 e. The van der Waals surface area contributed by atoms with Crippen LogP contribution in [-0.2, 0) is 6.61 Å². The van der Waals surface area contributed by atoms with Gasteiger partial charge in [-0.05, 0) is 12.1 Å². The summed E-state index contributed by atoms with van der Waals surface area (Å²) in [6.45, 7) is 0.217. The molecule has 0 aliphatic carbocycles. The molecule has 102 valence electrons. The van der Waals surface area contributed by atoms with Crippen LogP contribution in [0.25, 0.3) is 0 Å². The van der Waals surface area contributed by atoms with Gasteiger partial charge in [-0.2, -0.15) is 0 Å². The number of hydrogen-bond acceptors (Lipinski definition) is 4. The molecule has 0 amide bonds. The molecule has 1 aromatic heterocycles. The highest BCUT2D eigenvalue weighted by Crippen LogP contribution is 2.20. The fraction of sp³-hybridized carbons (Fsp3) is 0.188. The molecule has 0 radical (unpaired) electrons. The average Bonchev–Trinajstić information content (AvgIpc) is 2.51. The van der Waals surface area contributed by atoms with Gasteiger partial charge in [-0.25, -0.2) is 0 Å². The number of methoxy groups -OCH3 is 1. The molecule has 0 unspecified atom stereocenters. The molecular weight excluding hydrogens is 254 g/mol. The van der Waals surface area contributed by atoms with Gasteiger partial charge in [-0.15, -0.1) is 0 Å². The average molecular weight is 269 g/mol. The van der Waals surface area contributed by atoms with E-state index in [1.807, 2.05) is 24.3 Å². The van der Waals surface area contributed by atoms with E-state index in [4.69, 9.17) is 14.6 Å². The van der Waals surface area contributed by atoms with E-state index in [0.29, 0.717) is 17.9 Å². The van der Waals surface area contributed by atoms with Crippen LogP contribution in [0.2, 0.25) is 0 Å². The third-order valence-corrected chi connectivity index (χ3v) is 2.61. The second-order valence-electron chi connectivity index (χ2n) is 3.97. The smallest absolute Gasteiger partial charge is 0.139 e. The molecule has 2 rings (SSSR count). The summed E-state index contributed by atoms with van der Waals surface area (Å²) in [6.07, 6.45) is 3.25. The Bertz CT molecular complexity index is 629. The van der Waals surface area contributed by atoms with Crippen LogP contribution in [-0.4, -0.2) is 23.8 Å². The lowest BCUT2D eigenvalue weighted by atomic mass is 10.2. The molecule has 4 heteroatoms. The number of pyridine rings is 1. The van der Waals surface area contributed by atoms with E-state index in [1.165, 1.54) is 0 Å². The minimum absolute atomic E-state index is 0.174. The molecule has 0 saturated heterocycles. The zero-order chi connectivity index (χ0) is 14.2. The Labute approximate surface area is 118 Å². The van der Waals surface area contributed by atoms with Crippen molar-refractivity contribution in [1.29, 1.82) is 0 Å². The van der Waals surface area contributed by atoms with E-state index in [1.54, 1.807) is 25.6 Å². The summed E-state index contributed by atoms with van der Waals surface area (Å²) in [5.41, 5.74) is 1.67. The first-order chi connectivity index (χ1) is 9.83. The number of aromatic nitrogens is 1. The normalized spacial score (nSPS) is 9.50. The number of aliphatic hydroxyl groups excluding tert-OH is 1. The van der Waals surface area contributed by atoms with Crippen LogP contribution in [0.15, 0.2) is 42.7 Å². The number of nitrogens with zero attached hydrogens (tertiary/aromatic N) is 1. The summed E-state index contributed by atoms with van der Waals surface area (Å²) in [4.78, 5) is 4.05. The summed E-state index contributed by atoms with van der Waals surface area (Å²) in [5, 5.41) is 8.67. The number of hydrogen-bond donors (Lipinski definition) is 1. The number of aliphatic hydroxyl groups is 1. The monoisotopic (exact) mass is 269 g/mol. The maximum absolute atomic E-state index is 8.67. The number of ether oxygens (including phenoxy) is 2. The number of benzene rings is 1. The van der Waals surface area contributed by atoms with Gasteiger partial charge in [0.2, 0.25) is 0 Å². The van der Waals surface area contributed by atoms with Crippen molar-refractivity contribution in [3.63, 3.8) is 0 Å². The van der Waals surface area contributed by atoms with E-state index >= 15 is 0 Å². The molecule has 0 aliphatic rings. The molecule has 4 nitrogen and oxygen atoms in total. The predicted molar refractivity (Wildman–Crippen MR) is 75.5 cm³/mol. The van der Waals surface area contributed by atoms with Crippen LogP contribution in [0.1, 0.15) is 11.1 Å². The third-order valence-electron chi connectivity index (χ3n) is 2.61. The first kappa shape index (κ1) is 13.9. The van der Waals surface area contributed by atoms with Gasteiger partial charge in [0.25, 0.3) is 0 Å². The molecule has 1 N–H and O–H groups in total. The Morgan fingerprint density at radius 3 is 2.90 bits per heavy atom. The molecule has 0 atom stereocenters. The maximum Gasteiger partial charge on any atom is 0.139 e. The zero-order valence-corrected chi connectivity index (χ0v) is 11.2. The van der Waals surface area contributed by atoms with Gasteiger partial charge in [0.1, 0.15) is 24.7 Å². The molecule has 0 bridgehead atoms. The Balaban J connectivity index is 2.07. The Morgan fingerprint density at radius 1 is 1.25 bits per heavy atom. The lowest BCUT2D eigenvalue weighted by Crippen LogP contribution is -1.99. The van der Waals surface area contributed by atoms with Crippen molar-refractivity contribution < 1.29 is 14.6 Å². The van der Waals surface area contributed by atoms with Gasteiger partial charge in [0, 0.05) is 17.3 Å². The minimum Gasteiger partial charge on any atom is -0.496 e. The highest BCUT2D eigenvalue weighted by Gasteiger charge is 2.03. The molecule has 0 spiro atoms. The molecule has 0 saturated carbocycles. The Kier molecular flexibility index (Phi) is 4.99. The Hall–Kier alpha value is -2.51. The van der Waals surface area contributed by atoms with Crippen LogP contribution in [0.5, 0.6) is 11.5 Å². The second kappa shape index (κ2) is 7.17. The van der Waals surface area contributed by atoms with Gasteiger partial charge in [-0.1, -0.05) is 30.0 Å². The molecular formula is C16H15NO3. The quantitative estimate of drug-likeness (QED) is 0.863. The fourth-order valence-corrected chi connectivity index (χ4v) is 1.69. The van der Waals surface area contributed by atoms with Crippen LogP contribution in [0.3, 0.4) is 0 Å². The van der Waals surface area contributed by atoms with E-state index in [9.17, 15) is 0 Å². The third kappa shape index (κ3) is 3.74. The molecule has 0 fully saturated rings. The molecule has 20 heavy (non-hydrogen) atoms. The SMILES string of the molecule is COc1ccccc1COc1cncc(C#CCO)c1. The maximum atomic E-state index is 8.67. The first-order valence-electron chi connectivity index (χ1n) is 6.13. The van der Waals surface area contributed by atoms with Crippen molar-refractivity contribution >= 4 is 0 Å². The molecule has 1 aromatic carbocycles. The van der Waals surface area contributed by atoms with E-state index in [0.717, 1.165) is 11.3 Å². The van der Waals surface area contributed by atoms with Crippen LogP contribution < -0.4 is 9.47 Å². The van der Waals surface area contributed by atoms with E-state index in [2.05, 4.69) is 16.8 Å². The highest BCUT2D eigenvalue weighted by molar-refractivity contribution is 5.37. The lowest BCUT2D eigenvalue weighted by Gasteiger charge is -2.09. The van der Waals surface area contributed by atoms with Crippen molar-refractivity contribution in [3.8, 4) is 23.3 Å². The standard InChI is InChI=1S/C16H15NO3/c1-19-16-7-3-2-6-14(16)12-20-15-9-13(5-4-8-18)10-17-11-15/h2-3,6-7,9-11,18H,8,12H2,1H3. The van der Waals surface area contributed by atoms with Gasteiger partial charge < -0.3 is 14.6 Å². The molecule has 1 heterocycles. The van der Waals surface area contributed by atoms with Crippen molar-refractivity contribution in [3.05, 3.63) is 53.9 Å². The summed E-state index contributed by atoms with van der Waals surface area (Å²) in [7, 11) is 1.63. The first-order valence-corrected chi connectivity index (χ1v) is 6.13. The summed E-state index contributed by atoms with van der Waals surface area (Å²) < 4.78 is 10.9. The number of rotatable bonds is 4. The second-order valence-corrected chi connectivity index (χ2v) is 3.97. The zero-order valence-electron chi connectivity index (χ0n) is 11.2. The number of para-hydroxylation sites is 1. The topological polar surface area (TPSA) is 51.6 Å². The summed E-state index contributed by atoms with van der Waals surface area (Å²) in [6, 6.07) is 9.46. The van der Waals surface area contributed by atoms with Crippen molar-refractivity contribution in [1.82, 2.24) is 4.98 Å². The lowest BCUT2D eigenvalue weighted by molar-refractivity contribution is 0.295. The van der Waals surface area contributed by atoms with Gasteiger partial charge >= 0.3 is 0 Å². The van der Waals surface area contributed by atoms with E-state index < -0.39 is 0 Å². The molecule has 0 aliphatic heterocycles. The van der Waals surface area contributed by atoms with Gasteiger partial charge in [0.05, 0.1) is 13.3 Å². The van der Waals surface area contributed by atoms with Gasteiger partial charge in [-0.3, -0.25) is 4.98 Å². The predicted octanol–water partition coefficient (Wildman–Crippen LogP) is 2.01. The fourth-order valence-electron chi connectivity index (χ4n) is 1.69. The summed E-state index contributed by atoms with van der Waals surface area (Å²) in [5.74, 6) is 6.78. The van der Waals surface area contributed by atoms with Crippen LogP contribution in [0, 0.1) is 11.8 Å². The van der Waals surface area contributed by atoms with Crippen molar-refractivity contribution in [2.75, 3.05) is 13.7 Å². The van der Waals surface area contributed by atoms with Crippen molar-refractivity contribution in [2.45, 2.75) is 6.61 Å². The van der Waals surface area contributed by atoms with Crippen LogP contribution >= 0.6 is 0 Å². The summed E-state index contributed by atoms with van der Waals surface area (Å²) >= 11 is 0. The van der Waals surface area contributed by atoms with Crippen molar-refractivity contribution in [2.24, 2.45) is 0 Å². The van der Waals surface area contributed by atoms with Crippen LogP contribution in [0.4, 0.5) is 0 Å². The highest BCUT2D eigenvalue weighted by atomic mass is 16.5. The van der Waals surface area contributed by atoms with Gasteiger partial charge in [0.15, 0.2) is 0 Å². The van der Waals surface area contributed by atoms with E-state index in [-0.39, 0.29) is 6.61 Å². The Morgan fingerprint density at radius 2 is 2.10 bits per heavy atom.